The minimum atomic E-state index is -4.73. The fourth-order valence-electron chi connectivity index (χ4n) is 4.14. The molecule has 2 aromatic rings. The molecule has 0 spiro atoms. The number of aromatic nitrogens is 1. The average Bonchev–Trinajstić information content (AvgIpc) is 3.07. The first-order valence-electron chi connectivity index (χ1n) is 11.1. The molecular formula is C22H28F3N5O4S. The molecule has 1 N–H and O–H groups in total. The Morgan fingerprint density at radius 1 is 1.14 bits per heavy atom. The van der Waals surface area contributed by atoms with E-state index in [1.165, 1.54) is 16.4 Å². The number of anilines is 2. The number of halogens is 3. The Balaban J connectivity index is 1.42. The lowest BCUT2D eigenvalue weighted by atomic mass is 10.0. The van der Waals surface area contributed by atoms with Crippen molar-refractivity contribution in [1.29, 1.82) is 0 Å². The van der Waals surface area contributed by atoms with Gasteiger partial charge in [0.25, 0.3) is 0 Å². The van der Waals surface area contributed by atoms with Crippen LogP contribution in [0.1, 0.15) is 19.4 Å². The lowest BCUT2D eigenvalue weighted by Gasteiger charge is -2.29. The Kier molecular flexibility index (Phi) is 7.13. The van der Waals surface area contributed by atoms with Crippen LogP contribution in [-0.4, -0.2) is 74.0 Å². The predicted molar refractivity (Wildman–Crippen MR) is 124 cm³/mol. The Hall–Kier alpha value is -2.61. The summed E-state index contributed by atoms with van der Waals surface area (Å²) in [5.74, 6) is -0.0245. The number of morpholine rings is 1. The summed E-state index contributed by atoms with van der Waals surface area (Å²) in [6, 6.07) is 9.34. The summed E-state index contributed by atoms with van der Waals surface area (Å²) in [5.41, 5.74) is 1.42. The Morgan fingerprint density at radius 3 is 2.49 bits per heavy atom. The van der Waals surface area contributed by atoms with E-state index in [1.54, 1.807) is 24.4 Å². The van der Waals surface area contributed by atoms with Gasteiger partial charge in [-0.3, -0.25) is 9.62 Å². The van der Waals surface area contributed by atoms with E-state index < -0.39 is 16.6 Å². The highest BCUT2D eigenvalue weighted by molar-refractivity contribution is 7.90. The van der Waals surface area contributed by atoms with E-state index in [0.717, 1.165) is 11.3 Å². The molecule has 35 heavy (non-hydrogen) atoms. The number of hydrogen-bond acceptors (Lipinski definition) is 7. The molecule has 0 saturated carbocycles. The van der Waals surface area contributed by atoms with Gasteiger partial charge in [-0.1, -0.05) is 0 Å². The van der Waals surface area contributed by atoms with Crippen molar-refractivity contribution in [3.63, 3.8) is 0 Å². The van der Waals surface area contributed by atoms with Crippen molar-refractivity contribution >= 4 is 21.7 Å². The molecule has 1 aromatic carbocycles. The summed E-state index contributed by atoms with van der Waals surface area (Å²) in [7, 11) is -3.72. The van der Waals surface area contributed by atoms with Crippen LogP contribution in [0.25, 0.3) is 0 Å². The molecular weight excluding hydrogens is 487 g/mol. The van der Waals surface area contributed by atoms with Crippen LogP contribution in [-0.2, 0) is 21.5 Å². The van der Waals surface area contributed by atoms with Crippen molar-refractivity contribution < 1.29 is 31.1 Å². The fourth-order valence-corrected chi connectivity index (χ4v) is 5.28. The molecule has 0 unspecified atom stereocenters. The van der Waals surface area contributed by atoms with Crippen molar-refractivity contribution in [3.05, 3.63) is 48.2 Å². The normalized spacial score (nSPS) is 19.6. The predicted octanol–water partition coefficient (Wildman–Crippen LogP) is 3.03. The standard InChI is InChI=1S/C22H28F3N5O4S/c1-21(2)15-28(18-3-5-19(6-4-18)34-22(23,24)25)16-29(21)14-17-7-8-26-20(13-17)27-35(31,32)30-9-11-33-12-10-30/h3-8,13H,9-12,14-16H2,1-2H3,(H,26,27). The van der Waals surface area contributed by atoms with Gasteiger partial charge in [-0.15, -0.1) is 13.2 Å². The minimum Gasteiger partial charge on any atom is -0.406 e. The molecule has 0 atom stereocenters. The van der Waals surface area contributed by atoms with Gasteiger partial charge in [-0.25, -0.2) is 4.98 Å². The summed E-state index contributed by atoms with van der Waals surface area (Å²) in [5, 5.41) is 0. The number of rotatable bonds is 7. The number of nitrogens with one attached hydrogen (secondary N) is 1. The maximum absolute atomic E-state index is 12.6. The maximum atomic E-state index is 12.6. The summed E-state index contributed by atoms with van der Waals surface area (Å²) in [6.07, 6.45) is -3.17. The third kappa shape index (κ3) is 6.54. The van der Waals surface area contributed by atoms with E-state index in [9.17, 15) is 21.6 Å². The summed E-state index contributed by atoms with van der Waals surface area (Å²) >= 11 is 0. The first kappa shape index (κ1) is 25.5. The third-order valence-corrected chi connectivity index (χ3v) is 7.46. The molecule has 1 aromatic heterocycles. The van der Waals surface area contributed by atoms with Gasteiger partial charge in [0.2, 0.25) is 0 Å². The van der Waals surface area contributed by atoms with Crippen molar-refractivity contribution in [1.82, 2.24) is 14.2 Å². The first-order valence-corrected chi connectivity index (χ1v) is 12.5. The molecule has 3 heterocycles. The Bertz CT molecular complexity index is 1120. The van der Waals surface area contributed by atoms with Gasteiger partial charge < -0.3 is 14.4 Å². The van der Waals surface area contributed by atoms with Gasteiger partial charge in [0.05, 0.1) is 19.9 Å². The zero-order chi connectivity index (χ0) is 25.3. The Labute approximate surface area is 202 Å². The van der Waals surface area contributed by atoms with Crippen LogP contribution in [0.5, 0.6) is 5.75 Å². The molecule has 9 nitrogen and oxygen atoms in total. The first-order chi connectivity index (χ1) is 16.4. The zero-order valence-corrected chi connectivity index (χ0v) is 20.3. The SMILES string of the molecule is CC1(C)CN(c2ccc(OC(F)(F)F)cc2)CN1Cc1ccnc(NS(=O)(=O)N2CCOCC2)c1. The molecule has 0 amide bonds. The third-order valence-electron chi connectivity index (χ3n) is 5.95. The van der Waals surface area contributed by atoms with Crippen LogP contribution in [0.3, 0.4) is 0 Å². The quantitative estimate of drug-likeness (QED) is 0.607. The molecule has 4 rings (SSSR count). The van der Waals surface area contributed by atoms with Crippen molar-refractivity contribution in [2.24, 2.45) is 0 Å². The summed E-state index contributed by atoms with van der Waals surface area (Å²) < 4.78 is 75.6. The zero-order valence-electron chi connectivity index (χ0n) is 19.5. The van der Waals surface area contributed by atoms with E-state index in [4.69, 9.17) is 4.74 Å². The maximum Gasteiger partial charge on any atom is 0.573 e. The molecule has 2 aliphatic heterocycles. The topological polar surface area (TPSA) is 87.2 Å². The molecule has 0 radical (unpaired) electrons. The molecule has 2 aliphatic rings. The van der Waals surface area contributed by atoms with Crippen molar-refractivity contribution in [3.8, 4) is 5.75 Å². The van der Waals surface area contributed by atoms with E-state index in [1.807, 2.05) is 6.07 Å². The van der Waals surface area contributed by atoms with Crippen molar-refractivity contribution in [2.45, 2.75) is 32.3 Å². The molecule has 0 bridgehead atoms. The van der Waals surface area contributed by atoms with Crippen LogP contribution in [0.4, 0.5) is 24.7 Å². The number of ether oxygens (including phenoxy) is 2. The molecule has 2 saturated heterocycles. The second-order valence-electron chi connectivity index (χ2n) is 9.06. The number of hydrogen-bond donors (Lipinski definition) is 1. The van der Waals surface area contributed by atoms with Gasteiger partial charge >= 0.3 is 16.6 Å². The minimum absolute atomic E-state index is 0.238. The van der Waals surface area contributed by atoms with E-state index in [-0.39, 0.29) is 30.2 Å². The van der Waals surface area contributed by atoms with Crippen LogP contribution >= 0.6 is 0 Å². The number of alkyl halides is 3. The second kappa shape index (κ2) is 9.80. The molecule has 13 heteroatoms. The van der Waals surface area contributed by atoms with Crippen LogP contribution < -0.4 is 14.4 Å². The highest BCUT2D eigenvalue weighted by Gasteiger charge is 2.37. The van der Waals surface area contributed by atoms with Gasteiger partial charge in [0.15, 0.2) is 0 Å². The molecule has 192 valence electrons. The summed E-state index contributed by atoms with van der Waals surface area (Å²) in [6.45, 7) is 7.19. The monoisotopic (exact) mass is 515 g/mol. The number of pyridine rings is 1. The lowest BCUT2D eigenvalue weighted by Crippen LogP contribution is -2.43. The molecule has 0 aliphatic carbocycles. The number of nitrogens with zero attached hydrogens (tertiary/aromatic N) is 4. The summed E-state index contributed by atoms with van der Waals surface area (Å²) in [4.78, 5) is 8.44. The lowest BCUT2D eigenvalue weighted by molar-refractivity contribution is -0.274. The van der Waals surface area contributed by atoms with E-state index >= 15 is 0 Å². The van der Waals surface area contributed by atoms with Crippen molar-refractivity contribution in [2.75, 3.05) is 49.1 Å². The van der Waals surface area contributed by atoms with Crippen LogP contribution in [0.15, 0.2) is 42.6 Å². The highest BCUT2D eigenvalue weighted by Crippen LogP contribution is 2.32. The van der Waals surface area contributed by atoms with Gasteiger partial charge in [0.1, 0.15) is 11.6 Å². The van der Waals surface area contributed by atoms with Gasteiger partial charge in [-0.2, -0.15) is 12.7 Å². The van der Waals surface area contributed by atoms with Gasteiger partial charge in [-0.05, 0) is 55.8 Å². The van der Waals surface area contributed by atoms with Crippen LogP contribution in [0.2, 0.25) is 0 Å². The fraction of sp³-hybridized carbons (Fsp3) is 0.500. The Morgan fingerprint density at radius 2 is 1.83 bits per heavy atom. The molecule has 2 fully saturated rings. The number of benzene rings is 1. The van der Waals surface area contributed by atoms with E-state index in [0.29, 0.717) is 33.0 Å². The van der Waals surface area contributed by atoms with Crippen LogP contribution in [0, 0.1) is 0 Å². The smallest absolute Gasteiger partial charge is 0.406 e. The largest absolute Gasteiger partial charge is 0.573 e. The highest BCUT2D eigenvalue weighted by atomic mass is 32.2. The average molecular weight is 516 g/mol. The van der Waals surface area contributed by atoms with Gasteiger partial charge in [0, 0.05) is 43.6 Å². The second-order valence-corrected chi connectivity index (χ2v) is 10.7. The van der Waals surface area contributed by atoms with E-state index in [2.05, 4.69) is 38.1 Å².